The van der Waals surface area contributed by atoms with Gasteiger partial charge in [-0.2, -0.15) is 0 Å². The molecule has 1 N–H and O–H groups in total. The molecule has 19 heavy (non-hydrogen) atoms. The van der Waals surface area contributed by atoms with Crippen LogP contribution in [-0.2, 0) is 4.74 Å². The van der Waals surface area contributed by atoms with Crippen molar-refractivity contribution in [3.63, 3.8) is 0 Å². The van der Waals surface area contributed by atoms with E-state index < -0.39 is 0 Å². The van der Waals surface area contributed by atoms with Crippen LogP contribution in [-0.4, -0.2) is 24.2 Å². The monoisotopic (exact) mass is 276 g/mol. The zero-order valence-corrected chi connectivity index (χ0v) is 12.7. The summed E-state index contributed by atoms with van der Waals surface area (Å²) in [7, 11) is 1.80. The quantitative estimate of drug-likeness (QED) is 0.925. The van der Waals surface area contributed by atoms with Crippen LogP contribution in [0.3, 0.4) is 0 Å². The molecule has 2 aromatic rings. The Hall–Kier alpha value is -1.13. The van der Waals surface area contributed by atoms with Gasteiger partial charge in [0.25, 0.3) is 0 Å². The summed E-state index contributed by atoms with van der Waals surface area (Å²) >= 11 is 1.74. The van der Waals surface area contributed by atoms with Crippen molar-refractivity contribution in [1.82, 2.24) is 4.98 Å². The number of hydrogen-bond acceptors (Lipinski definition) is 4. The average molecular weight is 276 g/mol. The van der Waals surface area contributed by atoms with Gasteiger partial charge in [-0.25, -0.2) is 4.98 Å². The van der Waals surface area contributed by atoms with E-state index in [0.717, 1.165) is 17.1 Å². The Morgan fingerprint density at radius 2 is 2.21 bits per heavy atom. The summed E-state index contributed by atoms with van der Waals surface area (Å²) in [6.45, 7) is 6.61. The molecule has 0 bridgehead atoms. The first-order valence-corrected chi connectivity index (χ1v) is 7.49. The van der Waals surface area contributed by atoms with Crippen molar-refractivity contribution in [2.45, 2.75) is 39.3 Å². The summed E-state index contributed by atoms with van der Waals surface area (Å²) in [6.07, 6.45) is 1.40. The number of nitrogens with one attached hydrogen (secondary N) is 1. The Kier molecular flexibility index (Phi) is 3.02. The third kappa shape index (κ3) is 2.03. The fourth-order valence-electron chi connectivity index (χ4n) is 2.83. The molecule has 3 rings (SSSR count). The predicted molar refractivity (Wildman–Crippen MR) is 81.0 cm³/mol. The molecule has 1 aromatic heterocycles. The summed E-state index contributed by atoms with van der Waals surface area (Å²) in [5.74, 6) is 0. The molecular formula is C15H20N2OS. The van der Waals surface area contributed by atoms with Crippen LogP contribution < -0.4 is 5.32 Å². The molecule has 1 fully saturated rings. The highest BCUT2D eigenvalue weighted by molar-refractivity contribution is 7.22. The number of nitrogens with zero attached hydrogens (tertiary/aromatic N) is 1. The second-order valence-corrected chi connectivity index (χ2v) is 6.95. The number of benzene rings is 1. The summed E-state index contributed by atoms with van der Waals surface area (Å²) < 4.78 is 6.74. The number of methoxy groups -OCH3 is 1. The van der Waals surface area contributed by atoms with Crippen molar-refractivity contribution in [2.75, 3.05) is 12.4 Å². The van der Waals surface area contributed by atoms with Gasteiger partial charge >= 0.3 is 0 Å². The minimum atomic E-state index is 0.168. The summed E-state index contributed by atoms with van der Waals surface area (Å²) in [5, 5.41) is 4.60. The second kappa shape index (κ2) is 4.46. The zero-order chi connectivity index (χ0) is 13.6. The van der Waals surface area contributed by atoms with E-state index in [0.29, 0.717) is 12.1 Å². The number of para-hydroxylation sites is 1. The highest BCUT2D eigenvalue weighted by Gasteiger charge is 2.48. The van der Waals surface area contributed by atoms with Crippen molar-refractivity contribution in [3.05, 3.63) is 23.8 Å². The maximum absolute atomic E-state index is 5.49. The van der Waals surface area contributed by atoms with Crippen molar-refractivity contribution >= 4 is 26.7 Å². The minimum absolute atomic E-state index is 0.168. The zero-order valence-electron chi connectivity index (χ0n) is 11.9. The molecule has 4 heteroatoms. The number of hydrogen-bond donors (Lipinski definition) is 1. The van der Waals surface area contributed by atoms with Crippen LogP contribution in [0.2, 0.25) is 0 Å². The molecule has 0 amide bonds. The van der Waals surface area contributed by atoms with Gasteiger partial charge in [-0.15, -0.1) is 0 Å². The Morgan fingerprint density at radius 3 is 2.84 bits per heavy atom. The van der Waals surface area contributed by atoms with Gasteiger partial charge in [0.2, 0.25) is 0 Å². The van der Waals surface area contributed by atoms with Crippen molar-refractivity contribution in [3.8, 4) is 0 Å². The largest absolute Gasteiger partial charge is 0.381 e. The lowest BCUT2D eigenvalue weighted by atomic mass is 9.64. The van der Waals surface area contributed by atoms with Crippen LogP contribution in [0.25, 0.3) is 10.2 Å². The third-order valence-electron chi connectivity index (χ3n) is 4.38. The topological polar surface area (TPSA) is 34.1 Å². The SMILES string of the molecule is COC1CC(Nc2nc3c(C)cccc3s2)C1(C)C. The number of rotatable bonds is 3. The number of anilines is 1. The van der Waals surface area contributed by atoms with Crippen LogP contribution in [0.1, 0.15) is 25.8 Å². The van der Waals surface area contributed by atoms with Crippen LogP contribution in [0.15, 0.2) is 18.2 Å². The fraction of sp³-hybridized carbons (Fsp3) is 0.533. The van der Waals surface area contributed by atoms with E-state index in [1.165, 1.54) is 10.3 Å². The number of ether oxygens (including phenoxy) is 1. The number of aryl methyl sites for hydroxylation is 1. The van der Waals surface area contributed by atoms with Crippen molar-refractivity contribution in [2.24, 2.45) is 5.41 Å². The van der Waals surface area contributed by atoms with E-state index in [-0.39, 0.29) is 5.41 Å². The second-order valence-electron chi connectivity index (χ2n) is 5.92. The van der Waals surface area contributed by atoms with Crippen LogP contribution in [0.4, 0.5) is 5.13 Å². The van der Waals surface area contributed by atoms with Gasteiger partial charge in [0.15, 0.2) is 5.13 Å². The normalized spacial score (nSPS) is 25.3. The summed E-state index contributed by atoms with van der Waals surface area (Å²) in [5.41, 5.74) is 2.53. The molecule has 2 unspecified atom stereocenters. The first kappa shape index (κ1) is 12.9. The van der Waals surface area contributed by atoms with E-state index in [2.05, 4.69) is 44.3 Å². The Balaban J connectivity index is 1.82. The molecule has 102 valence electrons. The maximum atomic E-state index is 5.49. The lowest BCUT2D eigenvalue weighted by Gasteiger charge is -2.51. The van der Waals surface area contributed by atoms with Gasteiger partial charge in [-0.3, -0.25) is 0 Å². The molecule has 1 heterocycles. The number of thiazole rings is 1. The molecule has 0 saturated heterocycles. The predicted octanol–water partition coefficient (Wildman–Crippen LogP) is 3.83. The molecule has 0 spiro atoms. The minimum Gasteiger partial charge on any atom is -0.381 e. The van der Waals surface area contributed by atoms with Crippen LogP contribution >= 0.6 is 11.3 Å². The number of aromatic nitrogens is 1. The Labute approximate surface area is 118 Å². The van der Waals surface area contributed by atoms with Crippen molar-refractivity contribution < 1.29 is 4.74 Å². The van der Waals surface area contributed by atoms with E-state index in [1.54, 1.807) is 18.4 Å². The molecule has 1 aliphatic rings. The molecule has 1 aromatic carbocycles. The van der Waals surface area contributed by atoms with Crippen LogP contribution in [0.5, 0.6) is 0 Å². The lowest BCUT2D eigenvalue weighted by Crippen LogP contribution is -2.57. The first-order chi connectivity index (χ1) is 9.02. The van der Waals surface area contributed by atoms with Gasteiger partial charge in [-0.1, -0.05) is 37.3 Å². The first-order valence-electron chi connectivity index (χ1n) is 6.68. The van der Waals surface area contributed by atoms with Gasteiger partial charge in [0.05, 0.1) is 16.3 Å². The molecule has 2 atom stereocenters. The van der Waals surface area contributed by atoms with Crippen molar-refractivity contribution in [1.29, 1.82) is 0 Å². The van der Waals surface area contributed by atoms with Gasteiger partial charge in [0, 0.05) is 18.6 Å². The van der Waals surface area contributed by atoms with Crippen LogP contribution in [0, 0.1) is 12.3 Å². The fourth-order valence-corrected chi connectivity index (χ4v) is 3.82. The maximum Gasteiger partial charge on any atom is 0.184 e. The smallest absolute Gasteiger partial charge is 0.184 e. The number of fused-ring (bicyclic) bond motifs is 1. The molecular weight excluding hydrogens is 256 g/mol. The lowest BCUT2D eigenvalue weighted by molar-refractivity contribution is -0.0794. The molecule has 3 nitrogen and oxygen atoms in total. The van der Waals surface area contributed by atoms with E-state index in [4.69, 9.17) is 9.72 Å². The Bertz CT molecular complexity index is 605. The standard InChI is InChI=1S/C15H20N2OS/c1-9-6-5-7-10-13(9)17-14(19-10)16-11-8-12(18-4)15(11,2)3/h5-7,11-12H,8H2,1-4H3,(H,16,17). The Morgan fingerprint density at radius 1 is 1.42 bits per heavy atom. The molecule has 1 aliphatic carbocycles. The summed E-state index contributed by atoms with van der Waals surface area (Å²) in [4.78, 5) is 4.72. The van der Waals surface area contributed by atoms with Gasteiger partial charge in [-0.05, 0) is 25.0 Å². The van der Waals surface area contributed by atoms with E-state index in [9.17, 15) is 0 Å². The summed E-state index contributed by atoms with van der Waals surface area (Å²) in [6, 6.07) is 6.78. The third-order valence-corrected chi connectivity index (χ3v) is 5.33. The van der Waals surface area contributed by atoms with E-state index >= 15 is 0 Å². The van der Waals surface area contributed by atoms with E-state index in [1.807, 2.05) is 0 Å². The highest BCUT2D eigenvalue weighted by Crippen LogP contribution is 2.44. The van der Waals surface area contributed by atoms with Gasteiger partial charge < -0.3 is 10.1 Å². The molecule has 0 radical (unpaired) electrons. The molecule has 0 aliphatic heterocycles. The highest BCUT2D eigenvalue weighted by atomic mass is 32.1. The van der Waals surface area contributed by atoms with Gasteiger partial charge in [0.1, 0.15) is 0 Å². The molecule has 1 saturated carbocycles. The average Bonchev–Trinajstić information content (AvgIpc) is 2.78.